The molecule has 1 N–H and O–H groups in total. The lowest BCUT2D eigenvalue weighted by Gasteiger charge is -2.32. The van der Waals surface area contributed by atoms with Crippen LogP contribution in [0.4, 0.5) is 0 Å². The van der Waals surface area contributed by atoms with Crippen LogP contribution in [0.15, 0.2) is 73.1 Å². The third-order valence-electron chi connectivity index (χ3n) is 7.53. The van der Waals surface area contributed by atoms with E-state index in [2.05, 4.69) is 44.8 Å². The van der Waals surface area contributed by atoms with Crippen molar-refractivity contribution in [3.05, 3.63) is 95.3 Å². The molecule has 1 atom stereocenters. The van der Waals surface area contributed by atoms with Gasteiger partial charge in [-0.05, 0) is 67.1 Å². The normalized spacial score (nSPS) is 14.2. The SMILES string of the molecule is Cc1ccc(-c2nnn(CC(=O)N(CCc3ccccc3C)C(C(=O)NC3CCCC3)c3ccncc3)n2)cc1. The van der Waals surface area contributed by atoms with Crippen LogP contribution in [0.1, 0.15) is 54.0 Å². The van der Waals surface area contributed by atoms with Crippen LogP contribution in [0, 0.1) is 13.8 Å². The monoisotopic (exact) mass is 537 g/mol. The van der Waals surface area contributed by atoms with Crippen molar-refractivity contribution in [3.63, 3.8) is 0 Å². The molecule has 9 nitrogen and oxygen atoms in total. The van der Waals surface area contributed by atoms with E-state index in [4.69, 9.17) is 0 Å². The molecule has 1 unspecified atom stereocenters. The van der Waals surface area contributed by atoms with Crippen molar-refractivity contribution >= 4 is 11.8 Å². The summed E-state index contributed by atoms with van der Waals surface area (Å²) < 4.78 is 0. The van der Waals surface area contributed by atoms with Crippen LogP contribution in [0.25, 0.3) is 11.4 Å². The molecule has 0 aliphatic heterocycles. The number of amides is 2. The number of benzene rings is 2. The van der Waals surface area contributed by atoms with Crippen LogP contribution in [0.2, 0.25) is 0 Å². The largest absolute Gasteiger partial charge is 0.351 e. The summed E-state index contributed by atoms with van der Waals surface area (Å²) in [4.78, 5) is 34.9. The van der Waals surface area contributed by atoms with Gasteiger partial charge in [0.15, 0.2) is 0 Å². The van der Waals surface area contributed by atoms with Gasteiger partial charge in [-0.1, -0.05) is 66.9 Å². The predicted molar refractivity (Wildman–Crippen MR) is 152 cm³/mol. The maximum absolute atomic E-state index is 14.0. The molecule has 1 aliphatic rings. The average molecular weight is 538 g/mol. The van der Waals surface area contributed by atoms with Gasteiger partial charge < -0.3 is 10.2 Å². The topological polar surface area (TPSA) is 106 Å². The van der Waals surface area contributed by atoms with Gasteiger partial charge in [0.2, 0.25) is 17.6 Å². The Hall–Kier alpha value is -4.40. The summed E-state index contributed by atoms with van der Waals surface area (Å²) in [5.41, 5.74) is 4.95. The highest BCUT2D eigenvalue weighted by Gasteiger charge is 2.33. The Kier molecular flexibility index (Phi) is 8.59. The zero-order valence-corrected chi connectivity index (χ0v) is 23.0. The van der Waals surface area contributed by atoms with Gasteiger partial charge in [-0.25, -0.2) is 0 Å². The van der Waals surface area contributed by atoms with E-state index in [1.807, 2.05) is 43.3 Å². The van der Waals surface area contributed by atoms with Crippen LogP contribution >= 0.6 is 0 Å². The molecule has 0 radical (unpaired) electrons. The molecule has 2 heterocycles. The van der Waals surface area contributed by atoms with Crippen molar-refractivity contribution < 1.29 is 9.59 Å². The Morgan fingerprint density at radius 1 is 1.00 bits per heavy atom. The summed E-state index contributed by atoms with van der Waals surface area (Å²) in [6.07, 6.45) is 8.03. The first-order valence-corrected chi connectivity index (χ1v) is 13.9. The minimum absolute atomic E-state index is 0.124. The van der Waals surface area contributed by atoms with Crippen LogP contribution in [0.5, 0.6) is 0 Å². The molecule has 5 rings (SSSR count). The second-order valence-corrected chi connectivity index (χ2v) is 10.4. The van der Waals surface area contributed by atoms with Crippen LogP contribution in [-0.2, 0) is 22.6 Å². The van der Waals surface area contributed by atoms with E-state index in [1.54, 1.807) is 29.4 Å². The number of nitrogens with zero attached hydrogens (tertiary/aromatic N) is 6. The first-order valence-electron chi connectivity index (χ1n) is 13.9. The van der Waals surface area contributed by atoms with E-state index in [1.165, 1.54) is 4.80 Å². The summed E-state index contributed by atoms with van der Waals surface area (Å²) >= 11 is 0. The summed E-state index contributed by atoms with van der Waals surface area (Å²) in [6, 6.07) is 18.9. The molecule has 0 spiro atoms. The number of aryl methyl sites for hydroxylation is 2. The van der Waals surface area contributed by atoms with Crippen molar-refractivity contribution in [3.8, 4) is 11.4 Å². The van der Waals surface area contributed by atoms with Crippen molar-refractivity contribution in [2.75, 3.05) is 6.54 Å². The smallest absolute Gasteiger partial charge is 0.247 e. The zero-order chi connectivity index (χ0) is 27.9. The van der Waals surface area contributed by atoms with Crippen molar-refractivity contribution in [2.45, 2.75) is 64.6 Å². The van der Waals surface area contributed by atoms with Crippen molar-refractivity contribution in [2.24, 2.45) is 0 Å². The lowest BCUT2D eigenvalue weighted by molar-refractivity contribution is -0.142. The molecule has 4 aromatic rings. The van der Waals surface area contributed by atoms with Crippen molar-refractivity contribution in [1.29, 1.82) is 0 Å². The van der Waals surface area contributed by atoms with Gasteiger partial charge in [0, 0.05) is 30.5 Å². The number of nitrogens with one attached hydrogen (secondary N) is 1. The molecule has 40 heavy (non-hydrogen) atoms. The Labute approximate surface area is 234 Å². The first kappa shape index (κ1) is 27.2. The number of carbonyl (C=O) groups excluding carboxylic acids is 2. The van der Waals surface area contributed by atoms with E-state index in [9.17, 15) is 9.59 Å². The highest BCUT2D eigenvalue weighted by atomic mass is 16.2. The third kappa shape index (κ3) is 6.59. The molecule has 2 amide bonds. The molecular formula is C31H35N7O2. The fourth-order valence-corrected chi connectivity index (χ4v) is 5.24. The molecule has 0 bridgehead atoms. The average Bonchev–Trinajstić information content (AvgIpc) is 3.65. The number of aromatic nitrogens is 5. The minimum atomic E-state index is -0.805. The Balaban J connectivity index is 1.43. The molecule has 2 aromatic heterocycles. The van der Waals surface area contributed by atoms with Gasteiger partial charge in [0.05, 0.1) is 0 Å². The van der Waals surface area contributed by atoms with E-state index >= 15 is 0 Å². The quantitative estimate of drug-likeness (QED) is 0.325. The summed E-state index contributed by atoms with van der Waals surface area (Å²) in [6.45, 7) is 4.29. The molecule has 9 heteroatoms. The lowest BCUT2D eigenvalue weighted by Crippen LogP contribution is -2.47. The van der Waals surface area contributed by atoms with Gasteiger partial charge in [0.1, 0.15) is 12.6 Å². The molecule has 1 aliphatic carbocycles. The fourth-order valence-electron chi connectivity index (χ4n) is 5.24. The van der Waals surface area contributed by atoms with E-state index in [-0.39, 0.29) is 24.4 Å². The van der Waals surface area contributed by atoms with E-state index < -0.39 is 6.04 Å². The number of pyridine rings is 1. The lowest BCUT2D eigenvalue weighted by atomic mass is 10.0. The minimum Gasteiger partial charge on any atom is -0.351 e. The molecule has 1 saturated carbocycles. The molecule has 0 saturated heterocycles. The number of tetrazole rings is 1. The van der Waals surface area contributed by atoms with Gasteiger partial charge >= 0.3 is 0 Å². The van der Waals surface area contributed by atoms with Gasteiger partial charge in [0.25, 0.3) is 0 Å². The Morgan fingerprint density at radius 2 is 1.73 bits per heavy atom. The standard InChI is InChI=1S/C31H35N7O2/c1-22-11-13-26(14-12-22)30-34-36-38(35-30)21-28(39)37(20-17-24-8-4-3-7-23(24)2)29(25-15-18-32-19-16-25)31(40)33-27-9-5-6-10-27/h3-4,7-8,11-16,18-19,27,29H,5-6,9-10,17,20-21H2,1-2H3,(H,33,40). The Bertz CT molecular complexity index is 1430. The Morgan fingerprint density at radius 3 is 2.45 bits per heavy atom. The van der Waals surface area contributed by atoms with Gasteiger partial charge in [-0.3, -0.25) is 14.6 Å². The third-order valence-corrected chi connectivity index (χ3v) is 7.53. The highest BCUT2D eigenvalue weighted by molar-refractivity contribution is 5.89. The second kappa shape index (κ2) is 12.6. The van der Waals surface area contributed by atoms with Gasteiger partial charge in [-0.15, -0.1) is 10.2 Å². The second-order valence-electron chi connectivity index (χ2n) is 10.4. The zero-order valence-electron chi connectivity index (χ0n) is 23.0. The number of hydrogen-bond donors (Lipinski definition) is 1. The summed E-state index contributed by atoms with van der Waals surface area (Å²) in [5.74, 6) is 0.0110. The van der Waals surface area contributed by atoms with E-state index in [0.717, 1.165) is 53.5 Å². The number of carbonyl (C=O) groups is 2. The number of rotatable bonds is 10. The van der Waals surface area contributed by atoms with E-state index in [0.29, 0.717) is 18.8 Å². The highest BCUT2D eigenvalue weighted by Crippen LogP contribution is 2.25. The van der Waals surface area contributed by atoms with Crippen LogP contribution in [-0.4, -0.2) is 54.5 Å². The summed E-state index contributed by atoms with van der Waals surface area (Å²) in [7, 11) is 0. The fraction of sp³-hybridized carbons (Fsp3) is 0.355. The van der Waals surface area contributed by atoms with Crippen molar-refractivity contribution in [1.82, 2.24) is 35.4 Å². The molecule has 2 aromatic carbocycles. The molecule has 206 valence electrons. The van der Waals surface area contributed by atoms with Crippen LogP contribution in [0.3, 0.4) is 0 Å². The summed E-state index contributed by atoms with van der Waals surface area (Å²) in [5, 5.41) is 16.0. The number of hydrogen-bond acceptors (Lipinski definition) is 6. The molecular weight excluding hydrogens is 502 g/mol. The maximum atomic E-state index is 14.0. The predicted octanol–water partition coefficient (Wildman–Crippen LogP) is 4.22. The van der Waals surface area contributed by atoms with Crippen LogP contribution < -0.4 is 5.32 Å². The molecule has 1 fully saturated rings. The first-order chi connectivity index (χ1) is 19.5. The maximum Gasteiger partial charge on any atom is 0.247 e. The van der Waals surface area contributed by atoms with Gasteiger partial charge in [-0.2, -0.15) is 4.80 Å².